The van der Waals surface area contributed by atoms with Gasteiger partial charge in [-0.25, -0.2) is 4.98 Å². The van der Waals surface area contributed by atoms with E-state index in [4.69, 9.17) is 4.74 Å². The Labute approximate surface area is 113 Å². The minimum Gasteiger partial charge on any atom is -0.381 e. The molecule has 5 heteroatoms. The number of pyridine rings is 1. The van der Waals surface area contributed by atoms with Gasteiger partial charge in [-0.15, -0.1) is 0 Å². The zero-order valence-electron chi connectivity index (χ0n) is 11.5. The number of amides is 1. The molecular formula is C14H21N3O2. The maximum atomic E-state index is 12.3. The summed E-state index contributed by atoms with van der Waals surface area (Å²) < 4.78 is 5.35. The van der Waals surface area contributed by atoms with Crippen LogP contribution in [0.3, 0.4) is 0 Å². The van der Waals surface area contributed by atoms with Crippen molar-refractivity contribution in [1.29, 1.82) is 0 Å². The second-order valence-electron chi connectivity index (χ2n) is 4.82. The maximum Gasteiger partial charge on any atom is 0.255 e. The van der Waals surface area contributed by atoms with Crippen molar-refractivity contribution in [1.82, 2.24) is 10.3 Å². The van der Waals surface area contributed by atoms with Crippen molar-refractivity contribution in [3.05, 3.63) is 23.9 Å². The van der Waals surface area contributed by atoms with Crippen LogP contribution >= 0.6 is 0 Å². The van der Waals surface area contributed by atoms with Gasteiger partial charge < -0.3 is 15.4 Å². The predicted molar refractivity (Wildman–Crippen MR) is 74.3 cm³/mol. The van der Waals surface area contributed by atoms with Crippen LogP contribution in [0.15, 0.2) is 18.3 Å². The number of nitrogens with one attached hydrogen (secondary N) is 2. The van der Waals surface area contributed by atoms with Crippen molar-refractivity contribution < 1.29 is 9.53 Å². The smallest absolute Gasteiger partial charge is 0.255 e. The van der Waals surface area contributed by atoms with Crippen LogP contribution in [0.2, 0.25) is 0 Å². The molecule has 19 heavy (non-hydrogen) atoms. The van der Waals surface area contributed by atoms with Crippen LogP contribution in [-0.4, -0.2) is 36.7 Å². The molecule has 0 bridgehead atoms. The van der Waals surface area contributed by atoms with Gasteiger partial charge in [-0.05, 0) is 32.4 Å². The molecule has 0 radical (unpaired) electrons. The van der Waals surface area contributed by atoms with E-state index >= 15 is 0 Å². The number of hydrogen-bond acceptors (Lipinski definition) is 4. The molecule has 1 saturated heterocycles. The van der Waals surface area contributed by atoms with Gasteiger partial charge in [0.25, 0.3) is 5.91 Å². The van der Waals surface area contributed by atoms with E-state index < -0.39 is 0 Å². The molecule has 1 fully saturated rings. The van der Waals surface area contributed by atoms with Crippen molar-refractivity contribution in [3.8, 4) is 0 Å². The molecule has 1 aromatic rings. The molecule has 2 rings (SSSR count). The van der Waals surface area contributed by atoms with Crippen molar-refractivity contribution in [2.75, 3.05) is 25.1 Å². The van der Waals surface area contributed by atoms with Gasteiger partial charge >= 0.3 is 0 Å². The summed E-state index contributed by atoms with van der Waals surface area (Å²) in [4.78, 5) is 16.5. The van der Waals surface area contributed by atoms with Gasteiger partial charge in [0.1, 0.15) is 5.82 Å². The Morgan fingerprint density at radius 2 is 2.47 bits per heavy atom. The third kappa shape index (κ3) is 3.44. The monoisotopic (exact) mass is 263 g/mol. The molecule has 104 valence electrons. The quantitative estimate of drug-likeness (QED) is 0.848. The number of hydrogen-bond donors (Lipinski definition) is 2. The summed E-state index contributed by atoms with van der Waals surface area (Å²) in [5, 5.41) is 6.14. The molecule has 1 amide bonds. The van der Waals surface area contributed by atoms with Crippen molar-refractivity contribution in [2.24, 2.45) is 5.92 Å². The summed E-state index contributed by atoms with van der Waals surface area (Å²) in [6.45, 7) is 6.27. The zero-order valence-corrected chi connectivity index (χ0v) is 11.5. The fourth-order valence-corrected chi connectivity index (χ4v) is 2.25. The first kappa shape index (κ1) is 13.8. The average Bonchev–Trinajstić information content (AvgIpc) is 2.93. The van der Waals surface area contributed by atoms with E-state index in [0.29, 0.717) is 17.3 Å². The normalized spacial score (nSPS) is 20.0. The minimum absolute atomic E-state index is 0.0801. The molecule has 2 atom stereocenters. The first-order chi connectivity index (χ1) is 9.22. The number of ether oxygens (including phenoxy) is 1. The van der Waals surface area contributed by atoms with Crippen LogP contribution in [0.5, 0.6) is 0 Å². The Hall–Kier alpha value is -1.62. The third-order valence-electron chi connectivity index (χ3n) is 3.43. The Morgan fingerprint density at radius 1 is 1.63 bits per heavy atom. The summed E-state index contributed by atoms with van der Waals surface area (Å²) >= 11 is 0. The van der Waals surface area contributed by atoms with Gasteiger partial charge in [0, 0.05) is 31.3 Å². The predicted octanol–water partition coefficient (Wildman–Crippen LogP) is 1.67. The topological polar surface area (TPSA) is 63.2 Å². The van der Waals surface area contributed by atoms with Crippen LogP contribution in [0.1, 0.15) is 30.6 Å². The highest BCUT2D eigenvalue weighted by atomic mass is 16.5. The van der Waals surface area contributed by atoms with E-state index in [1.807, 2.05) is 13.8 Å². The van der Waals surface area contributed by atoms with Crippen molar-refractivity contribution in [3.63, 3.8) is 0 Å². The summed E-state index contributed by atoms with van der Waals surface area (Å²) in [7, 11) is 0. The van der Waals surface area contributed by atoms with Crippen LogP contribution < -0.4 is 10.6 Å². The van der Waals surface area contributed by atoms with Gasteiger partial charge in [-0.1, -0.05) is 0 Å². The fourth-order valence-electron chi connectivity index (χ4n) is 2.25. The summed E-state index contributed by atoms with van der Waals surface area (Å²) in [5.74, 6) is 0.962. The second kappa shape index (κ2) is 6.52. The molecule has 0 saturated carbocycles. The summed E-state index contributed by atoms with van der Waals surface area (Å²) in [6, 6.07) is 3.68. The lowest BCUT2D eigenvalue weighted by molar-refractivity contribution is 0.0922. The standard InChI is InChI=1S/C14H21N3O2/c1-3-15-13-12(5-4-7-16-13)14(18)17-10(2)11-6-8-19-9-11/h4-5,7,10-11H,3,6,8-9H2,1-2H3,(H,15,16)(H,17,18). The second-order valence-corrected chi connectivity index (χ2v) is 4.82. The van der Waals surface area contributed by atoms with Crippen LogP contribution in [0, 0.1) is 5.92 Å². The van der Waals surface area contributed by atoms with Crippen molar-refractivity contribution >= 4 is 11.7 Å². The highest BCUT2D eigenvalue weighted by Gasteiger charge is 2.24. The van der Waals surface area contributed by atoms with E-state index in [-0.39, 0.29) is 11.9 Å². The van der Waals surface area contributed by atoms with E-state index in [0.717, 1.165) is 26.2 Å². The maximum absolute atomic E-state index is 12.3. The number of rotatable bonds is 5. The zero-order chi connectivity index (χ0) is 13.7. The first-order valence-corrected chi connectivity index (χ1v) is 6.80. The number of aromatic nitrogens is 1. The molecule has 0 spiro atoms. The third-order valence-corrected chi connectivity index (χ3v) is 3.43. The molecule has 1 aliphatic rings. The first-order valence-electron chi connectivity index (χ1n) is 6.80. The molecule has 1 aromatic heterocycles. The van der Waals surface area contributed by atoms with Crippen LogP contribution in [-0.2, 0) is 4.74 Å². The Kier molecular flexibility index (Phi) is 4.74. The van der Waals surface area contributed by atoms with E-state index in [1.165, 1.54) is 0 Å². The van der Waals surface area contributed by atoms with Gasteiger partial charge in [-0.3, -0.25) is 4.79 Å². The molecule has 2 heterocycles. The Bertz CT molecular complexity index is 430. The molecular weight excluding hydrogens is 242 g/mol. The van der Waals surface area contributed by atoms with Gasteiger partial charge in [0.15, 0.2) is 0 Å². The van der Waals surface area contributed by atoms with E-state index in [9.17, 15) is 4.79 Å². The Balaban J connectivity index is 2.02. The lowest BCUT2D eigenvalue weighted by Gasteiger charge is -2.20. The molecule has 5 nitrogen and oxygen atoms in total. The number of carbonyl (C=O) groups excluding carboxylic acids is 1. The van der Waals surface area contributed by atoms with Gasteiger partial charge in [0.05, 0.1) is 12.2 Å². The molecule has 1 aliphatic heterocycles. The Morgan fingerprint density at radius 3 is 3.16 bits per heavy atom. The SMILES string of the molecule is CCNc1ncccc1C(=O)NC(C)C1CCOC1. The molecule has 0 aliphatic carbocycles. The highest BCUT2D eigenvalue weighted by Crippen LogP contribution is 2.18. The number of carbonyl (C=O) groups is 1. The average molecular weight is 263 g/mol. The lowest BCUT2D eigenvalue weighted by Crippen LogP contribution is -2.38. The van der Waals surface area contributed by atoms with Crippen molar-refractivity contribution in [2.45, 2.75) is 26.3 Å². The highest BCUT2D eigenvalue weighted by molar-refractivity contribution is 5.98. The number of nitrogens with zero attached hydrogens (tertiary/aromatic N) is 1. The number of anilines is 1. The van der Waals surface area contributed by atoms with Crippen LogP contribution in [0.4, 0.5) is 5.82 Å². The van der Waals surface area contributed by atoms with E-state index in [2.05, 4.69) is 15.6 Å². The van der Waals surface area contributed by atoms with E-state index in [1.54, 1.807) is 18.3 Å². The summed E-state index contributed by atoms with van der Waals surface area (Å²) in [6.07, 6.45) is 2.69. The van der Waals surface area contributed by atoms with Crippen LogP contribution in [0.25, 0.3) is 0 Å². The largest absolute Gasteiger partial charge is 0.381 e. The molecule has 2 unspecified atom stereocenters. The van der Waals surface area contributed by atoms with Gasteiger partial charge in [-0.2, -0.15) is 0 Å². The minimum atomic E-state index is -0.0801. The van der Waals surface area contributed by atoms with Gasteiger partial charge in [0.2, 0.25) is 0 Å². The summed E-state index contributed by atoms with van der Waals surface area (Å²) in [5.41, 5.74) is 0.593. The molecule has 2 N–H and O–H groups in total. The molecule has 0 aromatic carbocycles. The lowest BCUT2D eigenvalue weighted by atomic mass is 10.0. The fraction of sp³-hybridized carbons (Fsp3) is 0.571.